The van der Waals surface area contributed by atoms with Crippen LogP contribution in [0.1, 0.15) is 316 Å². The van der Waals surface area contributed by atoms with Crippen LogP contribution in [0.5, 0.6) is 0 Å². The van der Waals surface area contributed by atoms with Crippen LogP contribution in [0, 0.1) is 0 Å². The second-order valence-electron chi connectivity index (χ2n) is 21.6. The highest BCUT2D eigenvalue weighted by Gasteiger charge is 2.19. The molecule has 0 heterocycles. The molecule has 0 spiro atoms. The molecule has 442 valence electrons. The van der Waals surface area contributed by atoms with Crippen LogP contribution in [-0.4, -0.2) is 37.2 Å². The highest BCUT2D eigenvalue weighted by Crippen LogP contribution is 2.16. The van der Waals surface area contributed by atoms with Crippen molar-refractivity contribution in [2.75, 3.05) is 13.2 Å². The quantitative estimate of drug-likeness (QED) is 0.0261. The molecule has 0 saturated carbocycles. The number of esters is 3. The van der Waals surface area contributed by atoms with Crippen molar-refractivity contribution >= 4 is 17.9 Å². The van der Waals surface area contributed by atoms with Crippen LogP contribution in [0.3, 0.4) is 0 Å². The van der Waals surface area contributed by atoms with Gasteiger partial charge >= 0.3 is 17.9 Å². The van der Waals surface area contributed by atoms with Crippen molar-refractivity contribution in [3.05, 3.63) is 97.2 Å². The van der Waals surface area contributed by atoms with Crippen LogP contribution >= 0.6 is 0 Å². The first-order valence-corrected chi connectivity index (χ1v) is 32.7. The molecule has 0 aromatic rings. The van der Waals surface area contributed by atoms with Crippen LogP contribution in [0.4, 0.5) is 0 Å². The second-order valence-corrected chi connectivity index (χ2v) is 21.6. The van der Waals surface area contributed by atoms with Gasteiger partial charge in [-0.25, -0.2) is 0 Å². The average molecular weight is 1070 g/mol. The molecule has 0 aliphatic heterocycles. The number of allylic oxidation sites excluding steroid dienone is 16. The molecule has 77 heavy (non-hydrogen) atoms. The Bertz CT molecular complexity index is 1510. The zero-order valence-electron chi connectivity index (χ0n) is 50.7. The maximum atomic E-state index is 12.9. The first kappa shape index (κ1) is 73.3. The molecule has 0 saturated heterocycles. The first-order chi connectivity index (χ1) is 38.0. The number of hydrogen-bond donors (Lipinski definition) is 0. The molecule has 0 aliphatic carbocycles. The highest BCUT2D eigenvalue weighted by atomic mass is 16.6. The molecule has 0 N–H and O–H groups in total. The molecule has 0 aromatic heterocycles. The van der Waals surface area contributed by atoms with Crippen LogP contribution in [-0.2, 0) is 28.6 Å². The molecule has 0 aromatic carbocycles. The molecule has 1 unspecified atom stereocenters. The molecule has 0 fully saturated rings. The number of carbonyl (C=O) groups excluding carboxylic acids is 3. The maximum Gasteiger partial charge on any atom is 0.306 e. The molecule has 0 radical (unpaired) electrons. The van der Waals surface area contributed by atoms with Gasteiger partial charge in [-0.15, -0.1) is 0 Å². The molecule has 6 heteroatoms. The van der Waals surface area contributed by atoms with Crippen molar-refractivity contribution in [2.45, 2.75) is 322 Å². The van der Waals surface area contributed by atoms with E-state index in [1.807, 2.05) is 0 Å². The van der Waals surface area contributed by atoms with Gasteiger partial charge in [0.2, 0.25) is 0 Å². The fraction of sp³-hybridized carbons (Fsp3) is 0.732. The standard InChI is InChI=1S/C71H122O6/c1-4-7-10-13-16-18-20-22-24-26-28-30-32-34-35-37-38-40-42-44-46-48-50-52-55-58-61-64-70(73)76-67-68(66-75-69(72)63-60-57-54-15-12-9-6-3)77-71(74)65-62-59-56-53-51-49-47-45-43-41-39-36-33-31-29-27-25-23-21-19-17-14-11-8-5-2/h8,11,17,19,23,25-26,28-29,31,36,39,43,45,49,51,68H,4-7,9-10,12-16,18,20-22,24,27,30,32-35,37-38,40-42,44,46-48,50,52-67H2,1-3H3/b11-8-,19-17-,25-23-,28-26-,31-29-,39-36-,45-43-,51-49-. The first-order valence-electron chi connectivity index (χ1n) is 32.7. The summed E-state index contributed by atoms with van der Waals surface area (Å²) in [5, 5.41) is 0. The highest BCUT2D eigenvalue weighted by molar-refractivity contribution is 5.71. The Morgan fingerprint density at radius 2 is 0.506 bits per heavy atom. The largest absolute Gasteiger partial charge is 0.462 e. The number of unbranched alkanes of at least 4 members (excludes halogenated alkanes) is 32. The lowest BCUT2D eigenvalue weighted by Crippen LogP contribution is -2.30. The Morgan fingerprint density at radius 1 is 0.273 bits per heavy atom. The predicted molar refractivity (Wildman–Crippen MR) is 334 cm³/mol. The van der Waals surface area contributed by atoms with E-state index in [1.54, 1.807) is 0 Å². The third-order valence-electron chi connectivity index (χ3n) is 14.1. The Labute approximate surface area is 477 Å². The summed E-state index contributed by atoms with van der Waals surface area (Å²) in [6.45, 7) is 6.48. The Kier molecular flexibility index (Phi) is 61.8. The van der Waals surface area contributed by atoms with Crippen molar-refractivity contribution in [1.82, 2.24) is 0 Å². The summed E-state index contributed by atoms with van der Waals surface area (Å²) < 4.78 is 16.8. The summed E-state index contributed by atoms with van der Waals surface area (Å²) >= 11 is 0. The molecule has 0 amide bonds. The van der Waals surface area contributed by atoms with E-state index in [0.29, 0.717) is 12.8 Å². The van der Waals surface area contributed by atoms with Crippen molar-refractivity contribution in [2.24, 2.45) is 0 Å². The normalized spacial score (nSPS) is 12.7. The van der Waals surface area contributed by atoms with Gasteiger partial charge in [-0.1, -0.05) is 291 Å². The van der Waals surface area contributed by atoms with Crippen molar-refractivity contribution in [1.29, 1.82) is 0 Å². The molecule has 0 bridgehead atoms. The molecule has 0 rings (SSSR count). The average Bonchev–Trinajstić information content (AvgIpc) is 3.43. The van der Waals surface area contributed by atoms with E-state index in [1.165, 1.54) is 167 Å². The van der Waals surface area contributed by atoms with Crippen LogP contribution in [0.2, 0.25) is 0 Å². The summed E-state index contributed by atoms with van der Waals surface area (Å²) in [6, 6.07) is 0. The summed E-state index contributed by atoms with van der Waals surface area (Å²) in [4.78, 5) is 38.1. The van der Waals surface area contributed by atoms with E-state index in [-0.39, 0.29) is 37.5 Å². The van der Waals surface area contributed by atoms with E-state index >= 15 is 0 Å². The van der Waals surface area contributed by atoms with Gasteiger partial charge < -0.3 is 14.2 Å². The van der Waals surface area contributed by atoms with Gasteiger partial charge in [0.05, 0.1) is 0 Å². The van der Waals surface area contributed by atoms with Gasteiger partial charge in [0.25, 0.3) is 0 Å². The summed E-state index contributed by atoms with van der Waals surface area (Å²) in [7, 11) is 0. The third-order valence-corrected chi connectivity index (χ3v) is 14.1. The number of rotatable bonds is 59. The molecule has 6 nitrogen and oxygen atoms in total. The second kappa shape index (κ2) is 64.9. The van der Waals surface area contributed by atoms with E-state index in [0.717, 1.165) is 109 Å². The summed E-state index contributed by atoms with van der Waals surface area (Å²) in [5.41, 5.74) is 0. The smallest absolute Gasteiger partial charge is 0.306 e. The van der Waals surface area contributed by atoms with Crippen molar-refractivity contribution in [3.63, 3.8) is 0 Å². The van der Waals surface area contributed by atoms with E-state index in [4.69, 9.17) is 14.2 Å². The third kappa shape index (κ3) is 63.0. The van der Waals surface area contributed by atoms with E-state index in [2.05, 4.69) is 118 Å². The number of hydrogen-bond acceptors (Lipinski definition) is 6. The van der Waals surface area contributed by atoms with Gasteiger partial charge in [0.15, 0.2) is 6.10 Å². The van der Waals surface area contributed by atoms with Gasteiger partial charge in [0, 0.05) is 19.3 Å². The Morgan fingerprint density at radius 3 is 0.818 bits per heavy atom. The zero-order valence-corrected chi connectivity index (χ0v) is 50.7. The predicted octanol–water partition coefficient (Wildman–Crippen LogP) is 22.4. The maximum absolute atomic E-state index is 12.9. The Hall–Kier alpha value is -3.67. The van der Waals surface area contributed by atoms with Gasteiger partial charge in [0.1, 0.15) is 13.2 Å². The molecule has 0 aliphatic rings. The Balaban J connectivity index is 4.18. The fourth-order valence-electron chi connectivity index (χ4n) is 9.18. The summed E-state index contributed by atoms with van der Waals surface area (Å²) in [5.74, 6) is -0.920. The van der Waals surface area contributed by atoms with Crippen LogP contribution in [0.25, 0.3) is 0 Å². The fourth-order valence-corrected chi connectivity index (χ4v) is 9.18. The molecule has 1 atom stereocenters. The van der Waals surface area contributed by atoms with Gasteiger partial charge in [-0.2, -0.15) is 0 Å². The number of ether oxygens (including phenoxy) is 3. The van der Waals surface area contributed by atoms with Crippen molar-refractivity contribution < 1.29 is 28.6 Å². The lowest BCUT2D eigenvalue weighted by molar-refractivity contribution is -0.167. The number of carbonyl (C=O) groups is 3. The lowest BCUT2D eigenvalue weighted by atomic mass is 10.0. The monoisotopic (exact) mass is 1070 g/mol. The summed E-state index contributed by atoms with van der Waals surface area (Å²) in [6.07, 6.45) is 87.4. The SMILES string of the molecule is CC/C=C\C/C=C\C/C=C\C/C=C\C/C=C\C/C=C\C/C=C\CCCCCC(=O)OC(COC(=O)CCCCCCCCC)COC(=O)CCCCCCCCCCCCCCCCC/C=C\CCCCCCCCCC. The van der Waals surface area contributed by atoms with Crippen LogP contribution in [0.15, 0.2) is 97.2 Å². The van der Waals surface area contributed by atoms with Crippen LogP contribution < -0.4 is 0 Å². The lowest BCUT2D eigenvalue weighted by Gasteiger charge is -2.18. The minimum Gasteiger partial charge on any atom is -0.462 e. The minimum absolute atomic E-state index is 0.0891. The zero-order chi connectivity index (χ0) is 55.7. The topological polar surface area (TPSA) is 78.9 Å². The minimum atomic E-state index is -0.793. The van der Waals surface area contributed by atoms with E-state index < -0.39 is 6.10 Å². The molecular weight excluding hydrogens is 949 g/mol. The molecular formula is C71H122O6. The van der Waals surface area contributed by atoms with Gasteiger partial charge in [-0.05, 0) is 103 Å². The van der Waals surface area contributed by atoms with Crippen molar-refractivity contribution in [3.8, 4) is 0 Å². The van der Waals surface area contributed by atoms with Gasteiger partial charge in [-0.3, -0.25) is 14.4 Å². The van der Waals surface area contributed by atoms with E-state index in [9.17, 15) is 14.4 Å².